The van der Waals surface area contributed by atoms with Crippen LogP contribution in [0.2, 0.25) is 0 Å². The first-order valence-electron chi connectivity index (χ1n) is 4.62. The number of fused-ring (bicyclic) bond motifs is 1. The van der Waals surface area contributed by atoms with E-state index in [2.05, 4.69) is 4.99 Å². The number of hydrogen-bond donors (Lipinski definition) is 0. The van der Waals surface area contributed by atoms with E-state index in [1.165, 1.54) is 6.26 Å². The maximum atomic E-state index is 12.0. The molecule has 2 rings (SSSR count). The largest absolute Gasteiger partial charge is 0.292 e. The van der Waals surface area contributed by atoms with Crippen molar-refractivity contribution in [3.05, 3.63) is 29.8 Å². The van der Waals surface area contributed by atoms with E-state index in [1.807, 2.05) is 6.07 Å². The molecule has 0 saturated heterocycles. The second kappa shape index (κ2) is 3.70. The molecule has 0 amide bonds. The van der Waals surface area contributed by atoms with E-state index < -0.39 is 16.0 Å². The van der Waals surface area contributed by atoms with Gasteiger partial charge in [0.25, 0.3) is 0 Å². The first-order valence-corrected chi connectivity index (χ1v) is 6.24. The number of carbonyl (C=O) groups excluding carboxylic acids is 1. The Morgan fingerprint density at radius 3 is 2.67 bits per heavy atom. The molecule has 2 atom stereocenters. The van der Waals surface area contributed by atoms with E-state index in [0.717, 1.165) is 0 Å². The molecule has 1 aliphatic rings. The van der Waals surface area contributed by atoms with Crippen LogP contribution in [0, 0.1) is 0 Å². The Labute approximate surface area is 90.7 Å². The van der Waals surface area contributed by atoms with Gasteiger partial charge in [0.15, 0.2) is 5.78 Å². The molecule has 0 spiro atoms. The lowest BCUT2D eigenvalue weighted by Gasteiger charge is -2.19. The molecule has 4 heteroatoms. The zero-order valence-electron chi connectivity index (χ0n) is 8.56. The Morgan fingerprint density at radius 2 is 2.00 bits per heavy atom. The highest BCUT2D eigenvalue weighted by atomic mass is 32.2. The quantitative estimate of drug-likeness (QED) is 0.725. The van der Waals surface area contributed by atoms with Crippen molar-refractivity contribution in [2.45, 2.75) is 12.2 Å². The van der Waals surface area contributed by atoms with Crippen LogP contribution in [0.1, 0.15) is 17.3 Å². The zero-order chi connectivity index (χ0) is 11.0. The van der Waals surface area contributed by atoms with Crippen molar-refractivity contribution in [1.82, 2.24) is 0 Å². The first-order chi connectivity index (χ1) is 7.11. The van der Waals surface area contributed by atoms with Crippen LogP contribution in [0.4, 0.5) is 5.69 Å². The van der Waals surface area contributed by atoms with Crippen LogP contribution in [-0.4, -0.2) is 27.2 Å². The molecule has 0 aliphatic carbocycles. The molecule has 15 heavy (non-hydrogen) atoms. The average molecular weight is 221 g/mol. The van der Waals surface area contributed by atoms with E-state index in [0.29, 0.717) is 17.0 Å². The van der Waals surface area contributed by atoms with E-state index in [1.54, 1.807) is 25.1 Å². The Bertz CT molecular complexity index is 479. The van der Waals surface area contributed by atoms with E-state index >= 15 is 0 Å². The molecule has 1 aliphatic heterocycles. The van der Waals surface area contributed by atoms with E-state index in [-0.39, 0.29) is 5.78 Å². The van der Waals surface area contributed by atoms with Crippen molar-refractivity contribution in [3.63, 3.8) is 0 Å². The molecule has 1 heterocycles. The minimum atomic E-state index is -1.20. The van der Waals surface area contributed by atoms with Crippen molar-refractivity contribution in [2.75, 3.05) is 6.26 Å². The first kappa shape index (κ1) is 10.2. The van der Waals surface area contributed by atoms with Crippen LogP contribution in [0.5, 0.6) is 0 Å². The summed E-state index contributed by atoms with van der Waals surface area (Å²) in [6.07, 6.45) is 1.54. The Kier molecular flexibility index (Phi) is 2.52. The summed E-state index contributed by atoms with van der Waals surface area (Å²) in [6, 6.07) is 7.16. The fourth-order valence-corrected chi connectivity index (χ4v) is 2.71. The predicted octanol–water partition coefficient (Wildman–Crippen LogP) is 1.72. The smallest absolute Gasteiger partial charge is 0.186 e. The molecule has 78 valence electrons. The summed E-state index contributed by atoms with van der Waals surface area (Å²) in [6.45, 7) is 1.75. The molecule has 0 bridgehead atoms. The highest BCUT2D eigenvalue weighted by Crippen LogP contribution is 2.27. The van der Waals surface area contributed by atoms with Crippen molar-refractivity contribution in [2.24, 2.45) is 4.99 Å². The molecule has 0 N–H and O–H groups in total. The van der Waals surface area contributed by atoms with Gasteiger partial charge in [-0.05, 0) is 19.1 Å². The van der Waals surface area contributed by atoms with Gasteiger partial charge in [0.1, 0.15) is 5.25 Å². The number of hydrogen-bond acceptors (Lipinski definition) is 3. The molecular formula is C11H11NO2S. The van der Waals surface area contributed by atoms with Crippen LogP contribution in [0.15, 0.2) is 29.3 Å². The van der Waals surface area contributed by atoms with Gasteiger partial charge in [-0.15, -0.1) is 0 Å². The van der Waals surface area contributed by atoms with Crippen LogP contribution < -0.4 is 0 Å². The average Bonchev–Trinajstić information content (AvgIpc) is 2.17. The molecule has 0 fully saturated rings. The number of para-hydroxylation sites is 1. The normalized spacial score (nSPS) is 21.9. The lowest BCUT2D eigenvalue weighted by Crippen LogP contribution is -2.34. The standard InChI is InChI=1S/C11H11NO2S/c1-7-11(15(2)14)10(13)8-5-3-4-6-9(8)12-7/h3-6,11H,1-2H3. The lowest BCUT2D eigenvalue weighted by atomic mass is 10.0. The third-order valence-corrected chi connectivity index (χ3v) is 3.63. The SMILES string of the molecule is CC1=Nc2ccccc2C(=O)C1S(C)=O. The van der Waals surface area contributed by atoms with Gasteiger partial charge in [0, 0.05) is 28.3 Å². The summed E-state index contributed by atoms with van der Waals surface area (Å²) in [5.74, 6) is -0.0843. The summed E-state index contributed by atoms with van der Waals surface area (Å²) >= 11 is 0. The molecule has 2 unspecified atom stereocenters. The fraction of sp³-hybridized carbons (Fsp3) is 0.273. The number of ketones is 1. The number of benzene rings is 1. The highest BCUT2D eigenvalue weighted by molar-refractivity contribution is 7.86. The number of rotatable bonds is 1. The Balaban J connectivity index is 2.59. The summed E-state index contributed by atoms with van der Waals surface area (Å²) in [5.41, 5.74) is 1.89. The second-order valence-corrected chi connectivity index (χ2v) is 4.98. The minimum Gasteiger partial charge on any atom is -0.292 e. The van der Waals surface area contributed by atoms with Crippen LogP contribution >= 0.6 is 0 Å². The zero-order valence-corrected chi connectivity index (χ0v) is 9.38. The third-order valence-electron chi connectivity index (χ3n) is 2.42. The maximum absolute atomic E-state index is 12.0. The van der Waals surface area contributed by atoms with Gasteiger partial charge >= 0.3 is 0 Å². The van der Waals surface area contributed by atoms with Gasteiger partial charge < -0.3 is 0 Å². The van der Waals surface area contributed by atoms with Gasteiger partial charge in [-0.2, -0.15) is 0 Å². The lowest BCUT2D eigenvalue weighted by molar-refractivity contribution is 0.100. The van der Waals surface area contributed by atoms with E-state index in [4.69, 9.17) is 0 Å². The summed E-state index contributed by atoms with van der Waals surface area (Å²) in [7, 11) is -1.20. The molecule has 1 aromatic rings. The maximum Gasteiger partial charge on any atom is 0.186 e. The van der Waals surface area contributed by atoms with Gasteiger partial charge in [-0.3, -0.25) is 14.0 Å². The van der Waals surface area contributed by atoms with E-state index in [9.17, 15) is 9.00 Å². The summed E-state index contributed by atoms with van der Waals surface area (Å²) < 4.78 is 11.4. The Morgan fingerprint density at radius 1 is 1.33 bits per heavy atom. The van der Waals surface area contributed by atoms with Gasteiger partial charge in [0.05, 0.1) is 5.69 Å². The van der Waals surface area contributed by atoms with Crippen molar-refractivity contribution < 1.29 is 9.00 Å². The fourth-order valence-electron chi connectivity index (χ4n) is 1.75. The molecule has 3 nitrogen and oxygen atoms in total. The minimum absolute atomic E-state index is 0.0843. The number of nitrogens with zero attached hydrogens (tertiary/aromatic N) is 1. The van der Waals surface area contributed by atoms with Crippen molar-refractivity contribution in [1.29, 1.82) is 0 Å². The summed E-state index contributed by atoms with van der Waals surface area (Å²) in [4.78, 5) is 16.3. The second-order valence-electron chi connectivity index (χ2n) is 3.51. The van der Waals surface area contributed by atoms with Crippen LogP contribution in [-0.2, 0) is 10.8 Å². The third kappa shape index (κ3) is 1.65. The van der Waals surface area contributed by atoms with Gasteiger partial charge in [-0.1, -0.05) is 12.1 Å². The molecule has 1 aromatic carbocycles. The predicted molar refractivity (Wildman–Crippen MR) is 61.4 cm³/mol. The molecule has 0 saturated carbocycles. The highest BCUT2D eigenvalue weighted by Gasteiger charge is 2.31. The molecule has 0 radical (unpaired) electrons. The number of aliphatic imine (C=N–C) groups is 1. The number of Topliss-reactive ketones (excluding diaryl/α,β-unsaturated/α-hetero) is 1. The number of carbonyl (C=O) groups is 1. The van der Waals surface area contributed by atoms with Crippen LogP contribution in [0.25, 0.3) is 0 Å². The topological polar surface area (TPSA) is 46.5 Å². The Hall–Kier alpha value is -1.29. The van der Waals surface area contributed by atoms with Crippen LogP contribution in [0.3, 0.4) is 0 Å². The van der Waals surface area contributed by atoms with Gasteiger partial charge in [0.2, 0.25) is 0 Å². The van der Waals surface area contributed by atoms with Gasteiger partial charge in [-0.25, -0.2) is 0 Å². The van der Waals surface area contributed by atoms with Crippen molar-refractivity contribution >= 4 is 28.0 Å². The monoisotopic (exact) mass is 221 g/mol. The van der Waals surface area contributed by atoms with Crippen molar-refractivity contribution in [3.8, 4) is 0 Å². The summed E-state index contributed by atoms with van der Waals surface area (Å²) in [5, 5.41) is -0.570. The molecular weight excluding hydrogens is 210 g/mol. The molecule has 0 aromatic heterocycles.